The first-order valence-corrected chi connectivity index (χ1v) is 7.11. The summed E-state index contributed by atoms with van der Waals surface area (Å²) in [4.78, 5) is 12.1. The Bertz CT molecular complexity index is 635. The minimum atomic E-state index is -0.0518. The third kappa shape index (κ3) is 4.35. The molecular weight excluding hydrogens is 262 g/mol. The second-order valence-corrected chi connectivity index (χ2v) is 5.24. The highest BCUT2D eigenvalue weighted by Crippen LogP contribution is 2.12. The Morgan fingerprint density at radius 1 is 1.05 bits per heavy atom. The Morgan fingerprint density at radius 2 is 1.81 bits per heavy atom. The van der Waals surface area contributed by atoms with Crippen LogP contribution >= 0.6 is 0 Å². The molecule has 0 aliphatic heterocycles. The van der Waals surface area contributed by atoms with Crippen LogP contribution in [0.1, 0.15) is 27.0 Å². The molecule has 2 aromatic carbocycles. The van der Waals surface area contributed by atoms with Gasteiger partial charge in [-0.25, -0.2) is 0 Å². The van der Waals surface area contributed by atoms with Gasteiger partial charge in [-0.1, -0.05) is 29.8 Å². The zero-order valence-electron chi connectivity index (χ0n) is 12.8. The van der Waals surface area contributed by atoms with E-state index >= 15 is 0 Å². The van der Waals surface area contributed by atoms with Crippen LogP contribution in [-0.4, -0.2) is 19.1 Å². The minimum Gasteiger partial charge on any atom is -0.492 e. The number of ether oxygens (including phenoxy) is 1. The summed E-state index contributed by atoms with van der Waals surface area (Å²) in [5, 5.41) is 2.89. The summed E-state index contributed by atoms with van der Waals surface area (Å²) >= 11 is 0. The van der Waals surface area contributed by atoms with E-state index in [-0.39, 0.29) is 5.91 Å². The normalized spacial score (nSPS) is 10.2. The van der Waals surface area contributed by atoms with Crippen LogP contribution in [-0.2, 0) is 0 Å². The maximum Gasteiger partial charge on any atom is 0.251 e. The highest BCUT2D eigenvalue weighted by molar-refractivity contribution is 5.95. The van der Waals surface area contributed by atoms with E-state index in [9.17, 15) is 4.79 Å². The molecule has 0 atom stereocenters. The van der Waals surface area contributed by atoms with E-state index < -0.39 is 0 Å². The Labute approximate surface area is 126 Å². The fourth-order valence-corrected chi connectivity index (χ4v) is 2.11. The molecule has 0 aromatic heterocycles. The highest BCUT2D eigenvalue weighted by atomic mass is 16.5. The number of nitrogens with one attached hydrogen (secondary N) is 1. The molecule has 0 radical (unpaired) electrons. The number of hydrogen-bond acceptors (Lipinski definition) is 2. The quantitative estimate of drug-likeness (QED) is 0.854. The SMILES string of the molecule is Cc1cccc(OCCNC(=O)c2cc(C)ccc2C)c1. The molecule has 0 bridgehead atoms. The zero-order valence-corrected chi connectivity index (χ0v) is 12.8. The van der Waals surface area contributed by atoms with Gasteiger partial charge >= 0.3 is 0 Å². The first-order valence-electron chi connectivity index (χ1n) is 7.11. The van der Waals surface area contributed by atoms with Crippen molar-refractivity contribution in [3.05, 3.63) is 64.7 Å². The molecule has 0 fully saturated rings. The van der Waals surface area contributed by atoms with Crippen molar-refractivity contribution in [1.82, 2.24) is 5.32 Å². The van der Waals surface area contributed by atoms with Crippen molar-refractivity contribution in [2.24, 2.45) is 0 Å². The molecular formula is C18H21NO2. The van der Waals surface area contributed by atoms with Crippen LogP contribution in [0.5, 0.6) is 5.75 Å². The molecule has 3 heteroatoms. The predicted octanol–water partition coefficient (Wildman–Crippen LogP) is 3.42. The lowest BCUT2D eigenvalue weighted by molar-refractivity contribution is 0.0946. The van der Waals surface area contributed by atoms with Crippen LogP contribution in [0.25, 0.3) is 0 Å². The molecule has 0 saturated carbocycles. The maximum atomic E-state index is 12.1. The molecule has 2 rings (SSSR count). The van der Waals surface area contributed by atoms with Crippen LogP contribution in [0.2, 0.25) is 0 Å². The Morgan fingerprint density at radius 3 is 2.57 bits per heavy atom. The number of carbonyl (C=O) groups excluding carboxylic acids is 1. The van der Waals surface area contributed by atoms with Crippen LogP contribution in [0.15, 0.2) is 42.5 Å². The summed E-state index contributed by atoms with van der Waals surface area (Å²) in [5.41, 5.74) is 3.96. The summed E-state index contributed by atoms with van der Waals surface area (Å²) in [5.74, 6) is 0.778. The number of carbonyl (C=O) groups is 1. The molecule has 0 heterocycles. The van der Waals surface area contributed by atoms with Gasteiger partial charge in [0.2, 0.25) is 0 Å². The van der Waals surface area contributed by atoms with Gasteiger partial charge in [0, 0.05) is 5.56 Å². The van der Waals surface area contributed by atoms with Crippen molar-refractivity contribution >= 4 is 5.91 Å². The van der Waals surface area contributed by atoms with Crippen LogP contribution in [0, 0.1) is 20.8 Å². The minimum absolute atomic E-state index is 0.0518. The molecule has 2 aromatic rings. The third-order valence-corrected chi connectivity index (χ3v) is 3.28. The first kappa shape index (κ1) is 15.1. The lowest BCUT2D eigenvalue weighted by atomic mass is 10.1. The molecule has 0 aliphatic carbocycles. The second-order valence-electron chi connectivity index (χ2n) is 5.24. The molecule has 0 saturated heterocycles. The number of benzene rings is 2. The number of aryl methyl sites for hydroxylation is 3. The largest absolute Gasteiger partial charge is 0.492 e. The summed E-state index contributed by atoms with van der Waals surface area (Å²) < 4.78 is 5.61. The lowest BCUT2D eigenvalue weighted by Gasteiger charge is -2.10. The third-order valence-electron chi connectivity index (χ3n) is 3.28. The standard InChI is InChI=1S/C18H21NO2/c1-13-5-4-6-16(11-13)21-10-9-19-18(20)17-12-14(2)7-8-15(17)3/h4-8,11-12H,9-10H2,1-3H3,(H,19,20). The number of hydrogen-bond donors (Lipinski definition) is 1. The fraction of sp³-hybridized carbons (Fsp3) is 0.278. The van der Waals surface area contributed by atoms with Gasteiger partial charge < -0.3 is 10.1 Å². The smallest absolute Gasteiger partial charge is 0.251 e. The van der Waals surface area contributed by atoms with Crippen molar-refractivity contribution < 1.29 is 9.53 Å². The Kier molecular flexibility index (Phi) is 4.99. The van der Waals surface area contributed by atoms with Crippen molar-refractivity contribution in [3.63, 3.8) is 0 Å². The molecule has 1 amide bonds. The van der Waals surface area contributed by atoms with Crippen molar-refractivity contribution in [3.8, 4) is 5.75 Å². The summed E-state index contributed by atoms with van der Waals surface area (Å²) in [7, 11) is 0. The van der Waals surface area contributed by atoms with Gasteiger partial charge in [-0.3, -0.25) is 4.79 Å². The Hall–Kier alpha value is -2.29. The van der Waals surface area contributed by atoms with E-state index in [2.05, 4.69) is 5.32 Å². The lowest BCUT2D eigenvalue weighted by Crippen LogP contribution is -2.28. The molecule has 0 aliphatic rings. The van der Waals surface area contributed by atoms with Crippen LogP contribution in [0.3, 0.4) is 0 Å². The first-order chi connectivity index (χ1) is 10.1. The van der Waals surface area contributed by atoms with Crippen LogP contribution < -0.4 is 10.1 Å². The van der Waals surface area contributed by atoms with Crippen molar-refractivity contribution in [2.75, 3.05) is 13.2 Å². The van der Waals surface area contributed by atoms with Gasteiger partial charge in [0.25, 0.3) is 5.91 Å². The van der Waals surface area contributed by atoms with E-state index in [1.54, 1.807) is 0 Å². The van der Waals surface area contributed by atoms with Gasteiger partial charge in [-0.15, -0.1) is 0 Å². The fourth-order valence-electron chi connectivity index (χ4n) is 2.11. The molecule has 110 valence electrons. The van der Waals surface area contributed by atoms with Gasteiger partial charge in [-0.2, -0.15) is 0 Å². The summed E-state index contributed by atoms with van der Waals surface area (Å²) in [6.45, 7) is 6.89. The van der Waals surface area contributed by atoms with E-state index in [0.29, 0.717) is 13.2 Å². The van der Waals surface area contributed by atoms with Gasteiger partial charge in [0.1, 0.15) is 12.4 Å². The maximum absolute atomic E-state index is 12.1. The average Bonchev–Trinajstić information content (AvgIpc) is 2.46. The van der Waals surface area contributed by atoms with Gasteiger partial charge in [0.15, 0.2) is 0 Å². The summed E-state index contributed by atoms with van der Waals surface area (Å²) in [6, 6.07) is 13.8. The van der Waals surface area contributed by atoms with Crippen molar-refractivity contribution in [2.45, 2.75) is 20.8 Å². The molecule has 0 spiro atoms. The molecule has 21 heavy (non-hydrogen) atoms. The van der Waals surface area contributed by atoms with E-state index in [4.69, 9.17) is 4.74 Å². The van der Waals surface area contributed by atoms with E-state index in [0.717, 1.165) is 28.0 Å². The number of amides is 1. The van der Waals surface area contributed by atoms with Gasteiger partial charge in [0.05, 0.1) is 6.54 Å². The number of rotatable bonds is 5. The monoisotopic (exact) mass is 283 g/mol. The zero-order chi connectivity index (χ0) is 15.2. The van der Waals surface area contributed by atoms with E-state index in [1.165, 1.54) is 0 Å². The molecule has 0 unspecified atom stereocenters. The topological polar surface area (TPSA) is 38.3 Å². The Balaban J connectivity index is 1.83. The predicted molar refractivity (Wildman–Crippen MR) is 84.9 cm³/mol. The van der Waals surface area contributed by atoms with E-state index in [1.807, 2.05) is 63.2 Å². The van der Waals surface area contributed by atoms with Crippen molar-refractivity contribution in [1.29, 1.82) is 0 Å². The average molecular weight is 283 g/mol. The van der Waals surface area contributed by atoms with Crippen LogP contribution in [0.4, 0.5) is 0 Å². The molecule has 1 N–H and O–H groups in total. The van der Waals surface area contributed by atoms with Gasteiger partial charge in [-0.05, 0) is 50.1 Å². The second kappa shape index (κ2) is 6.93. The summed E-state index contributed by atoms with van der Waals surface area (Å²) in [6.07, 6.45) is 0. The highest BCUT2D eigenvalue weighted by Gasteiger charge is 2.08. The molecule has 3 nitrogen and oxygen atoms in total.